The molecule has 2 aromatic rings. The Morgan fingerprint density at radius 3 is 2.51 bits per heavy atom. The highest BCUT2D eigenvalue weighted by Crippen LogP contribution is 2.30. The van der Waals surface area contributed by atoms with E-state index in [1.807, 2.05) is 24.3 Å². The molecule has 9 heteroatoms. The molecule has 37 heavy (non-hydrogen) atoms. The first-order valence-electron chi connectivity index (χ1n) is 12.0. The van der Waals surface area contributed by atoms with Crippen LogP contribution in [0.2, 0.25) is 0 Å². The number of carboxylic acid groups (broad SMARTS) is 1. The summed E-state index contributed by atoms with van der Waals surface area (Å²) in [5.41, 5.74) is 1.65. The zero-order chi connectivity index (χ0) is 26.3. The zero-order valence-corrected chi connectivity index (χ0v) is 20.6. The minimum Gasteiger partial charge on any atom is -0.497 e. The van der Waals surface area contributed by atoms with E-state index in [2.05, 4.69) is 4.90 Å². The van der Waals surface area contributed by atoms with Crippen molar-refractivity contribution in [1.82, 2.24) is 4.90 Å². The summed E-state index contributed by atoms with van der Waals surface area (Å²) in [5.74, 6) is -2.36. The maximum atomic E-state index is 13.4. The number of morpholine rings is 1. The van der Waals surface area contributed by atoms with Gasteiger partial charge in [0, 0.05) is 25.8 Å². The summed E-state index contributed by atoms with van der Waals surface area (Å²) in [7, 11) is 1.58. The number of carboxylic acids is 1. The Morgan fingerprint density at radius 2 is 1.89 bits per heavy atom. The smallest absolute Gasteiger partial charge is 0.326 e. The highest BCUT2D eigenvalue weighted by atomic mass is 19.1. The van der Waals surface area contributed by atoms with E-state index < -0.39 is 17.4 Å². The van der Waals surface area contributed by atoms with Crippen LogP contribution in [-0.2, 0) is 22.5 Å². The fourth-order valence-electron chi connectivity index (χ4n) is 4.54. The molecule has 2 aliphatic rings. The standard InChI is InChI=1S/C28H29FN4O4/c1-36-24-8-4-21(5-9-24)17-31-26(25(16-30)27(34)35)28(19-33-10-12-37-13-11-33)15-22(18-32-28)14-20-2-6-23(29)7-3-20/h2-9,15,18,25H,10-14,17,19H2,1H3,(H,34,35). The second-order valence-corrected chi connectivity index (χ2v) is 9.04. The van der Waals surface area contributed by atoms with Crippen molar-refractivity contribution < 1.29 is 23.8 Å². The lowest BCUT2D eigenvalue weighted by Gasteiger charge is -2.35. The molecule has 2 atom stereocenters. The fraction of sp³-hybridized carbons (Fsp3) is 0.357. The van der Waals surface area contributed by atoms with Gasteiger partial charge >= 0.3 is 5.97 Å². The Bertz CT molecular complexity index is 1230. The van der Waals surface area contributed by atoms with Gasteiger partial charge in [0.2, 0.25) is 0 Å². The monoisotopic (exact) mass is 504 g/mol. The van der Waals surface area contributed by atoms with Crippen LogP contribution >= 0.6 is 0 Å². The van der Waals surface area contributed by atoms with E-state index >= 15 is 0 Å². The number of benzene rings is 2. The molecular formula is C28H29FN4O4. The average Bonchev–Trinajstić information content (AvgIpc) is 3.31. The van der Waals surface area contributed by atoms with Crippen LogP contribution < -0.4 is 4.74 Å². The van der Waals surface area contributed by atoms with Crippen LogP contribution in [0, 0.1) is 23.1 Å². The van der Waals surface area contributed by atoms with Crippen LogP contribution in [0.3, 0.4) is 0 Å². The molecule has 0 aliphatic carbocycles. The van der Waals surface area contributed by atoms with E-state index in [-0.39, 0.29) is 18.1 Å². The number of halogens is 1. The van der Waals surface area contributed by atoms with Gasteiger partial charge in [-0.3, -0.25) is 19.7 Å². The number of nitriles is 1. The summed E-state index contributed by atoms with van der Waals surface area (Å²) in [6.07, 6.45) is 4.11. The number of ether oxygens (including phenoxy) is 2. The summed E-state index contributed by atoms with van der Waals surface area (Å²) in [6, 6.07) is 15.5. The number of nitrogens with zero attached hydrogens (tertiary/aromatic N) is 4. The topological polar surface area (TPSA) is 108 Å². The van der Waals surface area contributed by atoms with Crippen LogP contribution in [-0.4, -0.2) is 73.4 Å². The second kappa shape index (κ2) is 11.9. The highest BCUT2D eigenvalue weighted by Gasteiger charge is 2.44. The van der Waals surface area contributed by atoms with Gasteiger partial charge in [-0.25, -0.2) is 4.39 Å². The average molecular weight is 505 g/mol. The molecule has 4 rings (SSSR count). The second-order valence-electron chi connectivity index (χ2n) is 9.04. The molecule has 1 saturated heterocycles. The van der Waals surface area contributed by atoms with Crippen LogP contribution in [0.5, 0.6) is 5.75 Å². The number of rotatable bonds is 10. The molecule has 2 heterocycles. The largest absolute Gasteiger partial charge is 0.497 e. The first-order valence-corrected chi connectivity index (χ1v) is 12.0. The summed E-state index contributed by atoms with van der Waals surface area (Å²) in [5, 5.41) is 19.8. The van der Waals surface area contributed by atoms with Gasteiger partial charge in [0.25, 0.3) is 0 Å². The van der Waals surface area contributed by atoms with Gasteiger partial charge in [0.15, 0.2) is 5.92 Å². The normalized spacial score (nSPS) is 20.8. The van der Waals surface area contributed by atoms with Crippen molar-refractivity contribution in [2.24, 2.45) is 15.9 Å². The quantitative estimate of drug-likeness (QED) is 0.498. The molecule has 2 aliphatic heterocycles. The number of allylic oxidation sites excluding steroid dienone is 1. The summed E-state index contributed by atoms with van der Waals surface area (Å²) in [6.45, 7) is 3.00. The van der Waals surface area contributed by atoms with E-state index in [9.17, 15) is 19.6 Å². The lowest BCUT2D eigenvalue weighted by molar-refractivity contribution is -0.137. The van der Waals surface area contributed by atoms with E-state index in [1.165, 1.54) is 12.1 Å². The molecule has 2 aromatic carbocycles. The van der Waals surface area contributed by atoms with E-state index in [4.69, 9.17) is 19.5 Å². The van der Waals surface area contributed by atoms with Gasteiger partial charge in [-0.2, -0.15) is 5.26 Å². The predicted molar refractivity (Wildman–Crippen MR) is 138 cm³/mol. The molecule has 0 aromatic heterocycles. The first-order chi connectivity index (χ1) is 17.9. The Morgan fingerprint density at radius 1 is 1.22 bits per heavy atom. The SMILES string of the molecule is COc1ccc(CN=C(C(C#N)C(=O)O)C2(CN3CCOCC3)C=C(Cc3ccc(F)cc3)C=N2)cc1. The summed E-state index contributed by atoms with van der Waals surface area (Å²) >= 11 is 0. The maximum Gasteiger partial charge on any atom is 0.326 e. The van der Waals surface area contributed by atoms with Crippen LogP contribution in [0.25, 0.3) is 0 Å². The lowest BCUT2D eigenvalue weighted by Crippen LogP contribution is -2.52. The predicted octanol–water partition coefficient (Wildman–Crippen LogP) is 3.32. The van der Waals surface area contributed by atoms with Gasteiger partial charge in [-0.15, -0.1) is 0 Å². The highest BCUT2D eigenvalue weighted by molar-refractivity contribution is 6.12. The Kier molecular flexibility index (Phi) is 8.43. The molecule has 2 unspecified atom stereocenters. The van der Waals surface area contributed by atoms with Gasteiger partial charge < -0.3 is 14.6 Å². The molecular weight excluding hydrogens is 475 g/mol. The first kappa shape index (κ1) is 26.2. The minimum atomic E-state index is -1.47. The number of carbonyl (C=O) groups is 1. The van der Waals surface area contributed by atoms with Gasteiger partial charge in [-0.05, 0) is 53.5 Å². The molecule has 1 N–H and O–H groups in total. The maximum absolute atomic E-state index is 13.4. The molecule has 0 amide bonds. The van der Waals surface area contributed by atoms with Crippen LogP contribution in [0.1, 0.15) is 11.1 Å². The summed E-state index contributed by atoms with van der Waals surface area (Å²) in [4.78, 5) is 23.9. The van der Waals surface area contributed by atoms with Crippen molar-refractivity contribution in [1.29, 1.82) is 5.26 Å². The molecule has 0 saturated carbocycles. The van der Waals surface area contributed by atoms with E-state index in [1.54, 1.807) is 37.6 Å². The molecule has 8 nitrogen and oxygen atoms in total. The number of aliphatic carboxylic acids is 1. The van der Waals surface area contributed by atoms with E-state index in [0.717, 1.165) is 16.7 Å². The van der Waals surface area contributed by atoms with Gasteiger partial charge in [0.05, 0.1) is 38.6 Å². The van der Waals surface area contributed by atoms with Gasteiger partial charge in [-0.1, -0.05) is 24.3 Å². The zero-order valence-electron chi connectivity index (χ0n) is 20.6. The summed E-state index contributed by atoms with van der Waals surface area (Å²) < 4.78 is 24.1. The third-order valence-electron chi connectivity index (χ3n) is 6.46. The molecule has 0 radical (unpaired) electrons. The van der Waals surface area contributed by atoms with Crippen molar-refractivity contribution in [3.05, 3.63) is 77.1 Å². The number of hydrogen-bond acceptors (Lipinski definition) is 7. The minimum absolute atomic E-state index is 0.187. The van der Waals surface area contributed by atoms with Crippen molar-refractivity contribution in [2.75, 3.05) is 40.0 Å². The Labute approximate surface area is 215 Å². The Balaban J connectivity index is 1.73. The number of aliphatic imine (C=N–C) groups is 2. The third kappa shape index (κ3) is 6.47. The molecule has 1 fully saturated rings. The molecule has 192 valence electrons. The van der Waals surface area contributed by atoms with Crippen molar-refractivity contribution >= 4 is 17.9 Å². The van der Waals surface area contributed by atoms with Crippen molar-refractivity contribution in [3.8, 4) is 11.8 Å². The molecule has 0 bridgehead atoms. The van der Waals surface area contributed by atoms with Crippen LogP contribution in [0.15, 0.2) is 70.2 Å². The van der Waals surface area contributed by atoms with Crippen molar-refractivity contribution in [3.63, 3.8) is 0 Å². The third-order valence-corrected chi connectivity index (χ3v) is 6.46. The lowest BCUT2D eigenvalue weighted by atomic mass is 9.84. The fourth-order valence-corrected chi connectivity index (χ4v) is 4.54. The Hall–Kier alpha value is -3.87. The van der Waals surface area contributed by atoms with Crippen molar-refractivity contribution in [2.45, 2.75) is 18.5 Å². The number of hydrogen-bond donors (Lipinski definition) is 1. The molecule has 0 spiro atoms. The van der Waals surface area contributed by atoms with Crippen LogP contribution in [0.4, 0.5) is 4.39 Å². The number of methoxy groups -OCH3 is 1. The van der Waals surface area contributed by atoms with Gasteiger partial charge in [0.1, 0.15) is 17.1 Å². The van der Waals surface area contributed by atoms with E-state index in [0.29, 0.717) is 45.0 Å².